The van der Waals surface area contributed by atoms with E-state index < -0.39 is 6.09 Å². The molecule has 3 heterocycles. The van der Waals surface area contributed by atoms with Gasteiger partial charge in [0.05, 0.1) is 25.1 Å². The molecule has 0 unspecified atom stereocenters. The Labute approximate surface area is 181 Å². The number of fused-ring (bicyclic) bond motifs is 1. The van der Waals surface area contributed by atoms with E-state index in [2.05, 4.69) is 10.4 Å². The third kappa shape index (κ3) is 4.45. The van der Waals surface area contributed by atoms with E-state index >= 15 is 0 Å². The summed E-state index contributed by atoms with van der Waals surface area (Å²) < 4.78 is 20.3. The first-order chi connectivity index (χ1) is 14.1. The normalized spacial score (nSPS) is 13.3. The maximum absolute atomic E-state index is 12.7. The Bertz CT molecular complexity index is 1150. The van der Waals surface area contributed by atoms with E-state index in [-0.39, 0.29) is 37.8 Å². The van der Waals surface area contributed by atoms with Crippen LogP contribution in [0.5, 0.6) is 0 Å². The SMILES string of the molecule is Cl.NC/C(=C\F)Cn1ncn(Cc2ccc(-c3ccc4c(c3)NC(=O)OC4)s2)c1=O. The van der Waals surface area contributed by atoms with Gasteiger partial charge in [0.15, 0.2) is 0 Å². The molecule has 0 aliphatic carbocycles. The maximum Gasteiger partial charge on any atom is 0.411 e. The van der Waals surface area contributed by atoms with Crippen LogP contribution >= 0.6 is 23.7 Å². The molecule has 0 saturated carbocycles. The van der Waals surface area contributed by atoms with Crippen molar-refractivity contribution >= 4 is 35.5 Å². The van der Waals surface area contributed by atoms with Crippen LogP contribution in [0.3, 0.4) is 0 Å². The number of hydrogen-bond acceptors (Lipinski definition) is 6. The van der Waals surface area contributed by atoms with Gasteiger partial charge in [0, 0.05) is 21.9 Å². The van der Waals surface area contributed by atoms with E-state index in [1.54, 1.807) is 11.3 Å². The fourth-order valence-corrected chi connectivity index (χ4v) is 3.97. The molecule has 0 atom stereocenters. The van der Waals surface area contributed by atoms with Gasteiger partial charge in [0.25, 0.3) is 0 Å². The first kappa shape index (κ1) is 21.8. The molecule has 1 amide bonds. The van der Waals surface area contributed by atoms with Crippen LogP contribution in [0, 0.1) is 0 Å². The second-order valence-electron chi connectivity index (χ2n) is 6.51. The number of aromatic nitrogens is 3. The van der Waals surface area contributed by atoms with Crippen molar-refractivity contribution in [1.82, 2.24) is 14.3 Å². The Balaban J connectivity index is 0.00000256. The number of anilines is 1. The largest absolute Gasteiger partial charge is 0.444 e. The van der Waals surface area contributed by atoms with E-state index in [1.807, 2.05) is 30.3 Å². The molecule has 30 heavy (non-hydrogen) atoms. The summed E-state index contributed by atoms with van der Waals surface area (Å²) in [6, 6.07) is 9.71. The van der Waals surface area contributed by atoms with E-state index in [0.717, 1.165) is 26.6 Å². The number of thiophene rings is 1. The van der Waals surface area contributed by atoms with Crippen molar-refractivity contribution in [2.75, 3.05) is 11.9 Å². The molecule has 158 valence electrons. The Hall–Kier alpha value is -2.95. The fraction of sp³-hybridized carbons (Fsp3) is 0.211. The van der Waals surface area contributed by atoms with E-state index in [4.69, 9.17) is 10.5 Å². The van der Waals surface area contributed by atoms with Crippen molar-refractivity contribution < 1.29 is 13.9 Å². The van der Waals surface area contributed by atoms with E-state index in [0.29, 0.717) is 18.4 Å². The highest BCUT2D eigenvalue weighted by molar-refractivity contribution is 7.15. The summed E-state index contributed by atoms with van der Waals surface area (Å²) >= 11 is 1.54. The van der Waals surface area contributed by atoms with Crippen LogP contribution in [-0.4, -0.2) is 27.0 Å². The second-order valence-corrected chi connectivity index (χ2v) is 7.68. The highest BCUT2D eigenvalue weighted by atomic mass is 35.5. The molecule has 4 rings (SSSR count). The smallest absolute Gasteiger partial charge is 0.411 e. The second kappa shape index (κ2) is 9.24. The molecule has 3 aromatic rings. The molecule has 11 heteroatoms. The number of ether oxygens (including phenoxy) is 1. The third-order valence-corrected chi connectivity index (χ3v) is 5.66. The molecular formula is C19H19ClFN5O3S. The van der Waals surface area contributed by atoms with Gasteiger partial charge in [-0.3, -0.25) is 9.88 Å². The predicted octanol–water partition coefficient (Wildman–Crippen LogP) is 3.12. The molecule has 0 spiro atoms. The zero-order valence-electron chi connectivity index (χ0n) is 15.7. The van der Waals surface area contributed by atoms with Crippen LogP contribution in [0.25, 0.3) is 10.4 Å². The van der Waals surface area contributed by atoms with Gasteiger partial charge < -0.3 is 10.5 Å². The topological polar surface area (TPSA) is 104 Å². The summed E-state index contributed by atoms with van der Waals surface area (Å²) in [5.74, 6) is 0. The van der Waals surface area contributed by atoms with Gasteiger partial charge in [-0.05, 0) is 29.3 Å². The Morgan fingerprint density at radius 3 is 2.93 bits per heavy atom. The van der Waals surface area contributed by atoms with E-state index in [9.17, 15) is 14.0 Å². The minimum atomic E-state index is -0.460. The summed E-state index contributed by atoms with van der Waals surface area (Å²) in [7, 11) is 0. The first-order valence-corrected chi connectivity index (χ1v) is 9.65. The van der Waals surface area contributed by atoms with Gasteiger partial charge >= 0.3 is 11.8 Å². The van der Waals surface area contributed by atoms with Gasteiger partial charge in [-0.1, -0.05) is 12.1 Å². The lowest BCUT2D eigenvalue weighted by atomic mass is 10.1. The number of carbonyl (C=O) groups is 1. The Kier molecular flexibility index (Phi) is 6.70. The van der Waals surface area contributed by atoms with Crippen LogP contribution in [0.4, 0.5) is 14.9 Å². The Morgan fingerprint density at radius 2 is 2.17 bits per heavy atom. The lowest BCUT2D eigenvalue weighted by Gasteiger charge is -2.17. The van der Waals surface area contributed by atoms with Crippen LogP contribution in [0.1, 0.15) is 10.4 Å². The van der Waals surface area contributed by atoms with Gasteiger partial charge in [-0.2, -0.15) is 5.10 Å². The van der Waals surface area contributed by atoms with Crippen LogP contribution in [0.2, 0.25) is 0 Å². The van der Waals surface area contributed by atoms with Crippen LogP contribution in [0.15, 0.2) is 53.4 Å². The number of cyclic esters (lactones) is 1. The van der Waals surface area contributed by atoms with Crippen molar-refractivity contribution in [2.45, 2.75) is 19.7 Å². The number of amides is 1. The summed E-state index contributed by atoms with van der Waals surface area (Å²) in [5.41, 5.74) is 8.02. The standard InChI is InChI=1S/C19H18FN5O3S.ClH/c20-6-12(7-21)8-25-19(27)24(11-22-25)9-15-3-4-17(29-15)13-1-2-14-10-28-18(26)23-16(14)5-13;/h1-6,11H,7-10,21H2,(H,23,26);1H/b12-6+;. The molecule has 0 bridgehead atoms. The number of nitrogens with one attached hydrogen (secondary N) is 1. The number of benzene rings is 1. The summed E-state index contributed by atoms with van der Waals surface area (Å²) in [6.45, 7) is 0.667. The third-order valence-electron chi connectivity index (χ3n) is 4.54. The highest BCUT2D eigenvalue weighted by Crippen LogP contribution is 2.33. The van der Waals surface area contributed by atoms with E-state index in [1.165, 1.54) is 15.6 Å². The Morgan fingerprint density at radius 1 is 1.33 bits per heavy atom. The van der Waals surface area contributed by atoms with Crippen LogP contribution in [-0.2, 0) is 24.4 Å². The van der Waals surface area contributed by atoms with Crippen molar-refractivity contribution in [2.24, 2.45) is 5.73 Å². The molecular weight excluding hydrogens is 433 g/mol. The van der Waals surface area contributed by atoms with Crippen molar-refractivity contribution in [3.63, 3.8) is 0 Å². The maximum atomic E-state index is 12.7. The minimum absolute atomic E-state index is 0. The first-order valence-electron chi connectivity index (χ1n) is 8.83. The summed E-state index contributed by atoms with van der Waals surface area (Å²) in [4.78, 5) is 25.8. The number of nitrogens with zero attached hydrogens (tertiary/aromatic N) is 3. The summed E-state index contributed by atoms with van der Waals surface area (Å²) in [5, 5.41) is 6.72. The van der Waals surface area contributed by atoms with Gasteiger partial charge in [0.2, 0.25) is 0 Å². The lowest BCUT2D eigenvalue weighted by Crippen LogP contribution is -2.26. The lowest BCUT2D eigenvalue weighted by molar-refractivity contribution is 0.151. The molecule has 8 nitrogen and oxygen atoms in total. The number of carbonyl (C=O) groups excluding carboxylic acids is 1. The van der Waals surface area contributed by atoms with Gasteiger partial charge in [0.1, 0.15) is 12.9 Å². The highest BCUT2D eigenvalue weighted by Gasteiger charge is 2.16. The molecule has 0 fully saturated rings. The number of rotatable bonds is 6. The molecule has 3 N–H and O–H groups in total. The molecule has 0 radical (unpaired) electrons. The monoisotopic (exact) mass is 451 g/mol. The van der Waals surface area contributed by atoms with Crippen molar-refractivity contribution in [1.29, 1.82) is 0 Å². The zero-order chi connectivity index (χ0) is 20.4. The molecule has 1 aliphatic rings. The number of halogens is 2. The number of hydrogen-bond donors (Lipinski definition) is 2. The fourth-order valence-electron chi connectivity index (χ4n) is 2.97. The average molecular weight is 452 g/mol. The molecule has 1 aromatic carbocycles. The molecule has 1 aliphatic heterocycles. The molecule has 0 saturated heterocycles. The van der Waals surface area contributed by atoms with Gasteiger partial charge in [-0.15, -0.1) is 23.7 Å². The van der Waals surface area contributed by atoms with Crippen molar-refractivity contribution in [3.05, 3.63) is 69.5 Å². The summed E-state index contributed by atoms with van der Waals surface area (Å²) in [6.07, 6.45) is 1.38. The predicted molar refractivity (Wildman–Crippen MR) is 115 cm³/mol. The van der Waals surface area contributed by atoms with Crippen LogP contribution < -0.4 is 16.7 Å². The quantitative estimate of drug-likeness (QED) is 0.599. The van der Waals surface area contributed by atoms with Gasteiger partial charge in [-0.25, -0.2) is 18.7 Å². The zero-order valence-corrected chi connectivity index (χ0v) is 17.3. The van der Waals surface area contributed by atoms with Crippen molar-refractivity contribution in [3.8, 4) is 10.4 Å². The number of nitrogens with two attached hydrogens (primary N) is 1. The minimum Gasteiger partial charge on any atom is -0.444 e. The molecule has 2 aromatic heterocycles. The average Bonchev–Trinajstić information content (AvgIpc) is 3.33.